The van der Waals surface area contributed by atoms with Crippen molar-refractivity contribution in [3.8, 4) is 0 Å². The first-order valence-corrected chi connectivity index (χ1v) is 5.66. The summed E-state index contributed by atoms with van der Waals surface area (Å²) < 4.78 is 7.26. The Morgan fingerprint density at radius 3 is 2.69 bits per heavy atom. The third-order valence-electron chi connectivity index (χ3n) is 2.11. The second-order valence-electron chi connectivity index (χ2n) is 3.20. The van der Waals surface area contributed by atoms with E-state index in [0.29, 0.717) is 0 Å². The zero-order valence-electron chi connectivity index (χ0n) is 9.15. The normalized spacial score (nSPS) is 12.6. The molecule has 0 spiro atoms. The van der Waals surface area contributed by atoms with Crippen LogP contribution in [-0.2, 0) is 11.8 Å². The summed E-state index contributed by atoms with van der Waals surface area (Å²) in [6.45, 7) is 0. The maximum atomic E-state index is 5.44. The molecule has 5 nitrogen and oxygen atoms in total. The number of ether oxygens (including phenoxy) is 1. The zero-order chi connectivity index (χ0) is 11.4. The van der Waals surface area contributed by atoms with Crippen LogP contribution in [0.15, 0.2) is 36.7 Å². The molecule has 6 heteroatoms. The Morgan fingerprint density at radius 2 is 2.12 bits per heavy atom. The Morgan fingerprint density at radius 1 is 1.38 bits per heavy atom. The van der Waals surface area contributed by atoms with Gasteiger partial charge >= 0.3 is 0 Å². The molecule has 0 aliphatic heterocycles. The van der Waals surface area contributed by atoms with Crippen LogP contribution in [0.1, 0.15) is 11.0 Å². The van der Waals surface area contributed by atoms with Crippen LogP contribution in [0.5, 0.6) is 0 Å². The highest BCUT2D eigenvalue weighted by Crippen LogP contribution is 2.28. The molecule has 0 radical (unpaired) electrons. The van der Waals surface area contributed by atoms with E-state index in [9.17, 15) is 0 Å². The maximum absolute atomic E-state index is 5.44. The number of tetrazole rings is 1. The van der Waals surface area contributed by atoms with Crippen molar-refractivity contribution in [2.75, 3.05) is 7.11 Å². The van der Waals surface area contributed by atoms with E-state index in [1.54, 1.807) is 18.2 Å². The standard InChI is InChI=1S/C10H13N4OS/c1-13-12-11-8-14(13)16-10(15-2)9-6-4-3-5-7-9/h3-8,10H,1-2H3/q+1. The third-order valence-corrected chi connectivity index (χ3v) is 3.31. The molecule has 0 bridgehead atoms. The molecule has 1 atom stereocenters. The molecule has 0 aliphatic carbocycles. The summed E-state index contributed by atoms with van der Waals surface area (Å²) in [5.74, 6) is 0. The Hall–Kier alpha value is -1.40. The molecule has 0 aliphatic rings. The van der Waals surface area contributed by atoms with E-state index in [-0.39, 0.29) is 5.44 Å². The third kappa shape index (κ3) is 2.40. The summed E-state index contributed by atoms with van der Waals surface area (Å²) in [4.78, 5) is 1.65. The molecule has 0 fully saturated rings. The second kappa shape index (κ2) is 5.09. The van der Waals surface area contributed by atoms with Crippen molar-refractivity contribution in [1.82, 2.24) is 14.4 Å². The van der Waals surface area contributed by atoms with Crippen LogP contribution in [0, 0.1) is 0 Å². The molecule has 0 saturated heterocycles. The molecule has 0 N–H and O–H groups in total. The van der Waals surface area contributed by atoms with Gasteiger partial charge in [0.2, 0.25) is 0 Å². The number of aryl methyl sites for hydroxylation is 1. The Bertz CT molecular complexity index is 445. The number of nitrogens with zero attached hydrogens (tertiary/aromatic N) is 4. The van der Waals surface area contributed by atoms with Crippen molar-refractivity contribution in [1.29, 1.82) is 0 Å². The summed E-state index contributed by atoms with van der Waals surface area (Å²) in [6.07, 6.45) is 1.65. The first kappa shape index (κ1) is 11.1. The number of methoxy groups -OCH3 is 1. The van der Waals surface area contributed by atoms with Crippen molar-refractivity contribution in [2.24, 2.45) is 7.05 Å². The van der Waals surface area contributed by atoms with Crippen LogP contribution in [0.25, 0.3) is 0 Å². The summed E-state index contributed by atoms with van der Waals surface area (Å²) in [7, 11) is 3.52. The molecule has 1 aromatic carbocycles. The first-order valence-electron chi connectivity index (χ1n) is 4.83. The maximum Gasteiger partial charge on any atom is 0.283 e. The lowest BCUT2D eigenvalue weighted by atomic mass is 10.2. The summed E-state index contributed by atoms with van der Waals surface area (Å²) in [6, 6.07) is 10.0. The molecular formula is C10H13N4OS+. The quantitative estimate of drug-likeness (QED) is 0.586. The van der Waals surface area contributed by atoms with Gasteiger partial charge in [0.1, 0.15) is 7.05 Å². The molecule has 1 aromatic heterocycles. The Balaban J connectivity index is 2.16. The van der Waals surface area contributed by atoms with Gasteiger partial charge in [-0.15, -0.1) is 0 Å². The fourth-order valence-electron chi connectivity index (χ4n) is 1.30. The fraction of sp³-hybridized carbons (Fsp3) is 0.300. The van der Waals surface area contributed by atoms with Crippen LogP contribution in [0.3, 0.4) is 0 Å². The lowest BCUT2D eigenvalue weighted by Crippen LogP contribution is -2.39. The van der Waals surface area contributed by atoms with E-state index in [1.807, 2.05) is 41.5 Å². The minimum absolute atomic E-state index is 0.0663. The minimum Gasteiger partial charge on any atom is -0.364 e. The van der Waals surface area contributed by atoms with Gasteiger partial charge in [0, 0.05) is 19.1 Å². The van der Waals surface area contributed by atoms with Crippen LogP contribution in [0.4, 0.5) is 0 Å². The van der Waals surface area contributed by atoms with Gasteiger partial charge in [-0.1, -0.05) is 34.4 Å². The smallest absolute Gasteiger partial charge is 0.283 e. The average Bonchev–Trinajstić information content (AvgIpc) is 2.73. The van der Waals surface area contributed by atoms with Gasteiger partial charge in [-0.05, 0) is 10.4 Å². The van der Waals surface area contributed by atoms with E-state index < -0.39 is 0 Å². The molecule has 16 heavy (non-hydrogen) atoms. The van der Waals surface area contributed by atoms with E-state index in [0.717, 1.165) is 5.56 Å². The number of rotatable bonds is 4. The zero-order valence-corrected chi connectivity index (χ0v) is 9.96. The van der Waals surface area contributed by atoms with E-state index in [4.69, 9.17) is 4.74 Å². The lowest BCUT2D eigenvalue weighted by molar-refractivity contribution is -0.792. The molecule has 0 amide bonds. The highest BCUT2D eigenvalue weighted by atomic mass is 32.2. The Labute approximate surface area is 98.1 Å². The fourth-order valence-corrected chi connectivity index (χ4v) is 2.13. The minimum atomic E-state index is -0.0663. The molecule has 1 heterocycles. The Kier molecular flexibility index (Phi) is 3.53. The predicted molar refractivity (Wildman–Crippen MR) is 60.4 cm³/mol. The average molecular weight is 237 g/mol. The van der Waals surface area contributed by atoms with Crippen LogP contribution in [0.2, 0.25) is 0 Å². The van der Waals surface area contributed by atoms with Crippen LogP contribution in [-0.4, -0.2) is 21.5 Å². The van der Waals surface area contributed by atoms with Gasteiger partial charge in [-0.3, -0.25) is 0 Å². The number of hydrogen-bond donors (Lipinski definition) is 0. The van der Waals surface area contributed by atoms with Gasteiger partial charge in [-0.2, -0.15) is 0 Å². The second-order valence-corrected chi connectivity index (χ2v) is 4.21. The van der Waals surface area contributed by atoms with Crippen molar-refractivity contribution in [3.05, 3.63) is 42.2 Å². The van der Waals surface area contributed by atoms with E-state index >= 15 is 0 Å². The lowest BCUT2D eigenvalue weighted by Gasteiger charge is -2.13. The van der Waals surface area contributed by atoms with E-state index in [2.05, 4.69) is 10.3 Å². The van der Waals surface area contributed by atoms with Crippen LogP contribution >= 0.6 is 11.9 Å². The number of aromatic nitrogens is 4. The highest BCUT2D eigenvalue weighted by molar-refractivity contribution is 7.97. The SMILES string of the molecule is COC(Sn1cnn[n+]1C)c1ccccc1. The number of hydrogen-bond acceptors (Lipinski definition) is 4. The summed E-state index contributed by atoms with van der Waals surface area (Å²) in [5.41, 5.74) is 1.05. The topological polar surface area (TPSA) is 43.8 Å². The summed E-state index contributed by atoms with van der Waals surface area (Å²) in [5, 5.41) is 7.65. The van der Waals surface area contributed by atoms with Gasteiger partial charge in [0.15, 0.2) is 10.6 Å². The number of benzene rings is 1. The van der Waals surface area contributed by atoms with Gasteiger partial charge in [0.25, 0.3) is 6.33 Å². The van der Waals surface area contributed by atoms with Gasteiger partial charge in [-0.25, -0.2) is 0 Å². The predicted octanol–water partition coefficient (Wildman–Crippen LogP) is 0.944. The van der Waals surface area contributed by atoms with Gasteiger partial charge < -0.3 is 4.74 Å². The van der Waals surface area contributed by atoms with E-state index in [1.165, 1.54) is 11.9 Å². The molecular weight excluding hydrogens is 224 g/mol. The van der Waals surface area contributed by atoms with Crippen molar-refractivity contribution in [3.63, 3.8) is 0 Å². The molecule has 2 rings (SSSR count). The van der Waals surface area contributed by atoms with Crippen LogP contribution < -0.4 is 4.80 Å². The largest absolute Gasteiger partial charge is 0.364 e. The molecule has 84 valence electrons. The van der Waals surface area contributed by atoms with Crippen molar-refractivity contribution < 1.29 is 9.53 Å². The highest BCUT2D eigenvalue weighted by Gasteiger charge is 2.16. The first-order chi connectivity index (χ1) is 7.81. The monoisotopic (exact) mass is 237 g/mol. The molecule has 0 saturated carbocycles. The molecule has 2 aromatic rings. The summed E-state index contributed by atoms with van der Waals surface area (Å²) >= 11 is 1.51. The van der Waals surface area contributed by atoms with Gasteiger partial charge in [0.05, 0.1) is 5.10 Å². The van der Waals surface area contributed by atoms with Crippen molar-refractivity contribution in [2.45, 2.75) is 5.44 Å². The molecule has 1 unspecified atom stereocenters. The van der Waals surface area contributed by atoms with Crippen molar-refractivity contribution >= 4 is 11.9 Å².